The molecule has 3 aliphatic carbocycles. The van der Waals surface area contributed by atoms with E-state index in [9.17, 15) is 4.39 Å². The van der Waals surface area contributed by atoms with Crippen molar-refractivity contribution < 1.29 is 4.39 Å². The van der Waals surface area contributed by atoms with Gasteiger partial charge in [0.05, 0.1) is 5.56 Å². The van der Waals surface area contributed by atoms with Crippen molar-refractivity contribution in [3.05, 3.63) is 35.1 Å². The highest BCUT2D eigenvalue weighted by molar-refractivity contribution is 5.34. The van der Waals surface area contributed by atoms with Crippen molar-refractivity contribution in [2.75, 3.05) is 0 Å². The molecule has 1 nitrogen and oxygen atoms in total. The summed E-state index contributed by atoms with van der Waals surface area (Å²) in [6, 6.07) is 7.20. The molecule has 164 valence electrons. The molecule has 30 heavy (non-hydrogen) atoms. The molecule has 2 heteroatoms. The van der Waals surface area contributed by atoms with E-state index in [4.69, 9.17) is 5.26 Å². The lowest BCUT2D eigenvalue weighted by atomic mass is 9.60. The summed E-state index contributed by atoms with van der Waals surface area (Å²) >= 11 is 0. The van der Waals surface area contributed by atoms with Gasteiger partial charge < -0.3 is 0 Å². The second-order valence-electron chi connectivity index (χ2n) is 10.7. The fraction of sp³-hybridized carbons (Fsp3) is 0.750. The van der Waals surface area contributed by atoms with Crippen molar-refractivity contribution in [2.24, 2.45) is 29.6 Å². The number of hydrogen-bond donors (Lipinski definition) is 0. The van der Waals surface area contributed by atoms with Crippen LogP contribution in [-0.2, 0) is 0 Å². The molecule has 0 N–H and O–H groups in total. The number of nitriles is 1. The summed E-state index contributed by atoms with van der Waals surface area (Å²) in [7, 11) is 0. The fourth-order valence-electron chi connectivity index (χ4n) is 7.20. The van der Waals surface area contributed by atoms with Crippen LogP contribution < -0.4 is 0 Å². The molecule has 0 aliphatic heterocycles. The Morgan fingerprint density at radius 1 is 0.867 bits per heavy atom. The number of fused-ring (bicyclic) bond motifs is 1. The Morgan fingerprint density at radius 3 is 2.23 bits per heavy atom. The van der Waals surface area contributed by atoms with E-state index >= 15 is 0 Å². The smallest absolute Gasteiger partial charge is 0.141 e. The SMILES string of the molecule is CCCCCC1CCC2CC(C3CCC(c4ccc(C#N)c(F)c4)CC3)CCC2C1. The molecule has 4 unspecified atom stereocenters. The minimum absolute atomic E-state index is 0.171. The van der Waals surface area contributed by atoms with Gasteiger partial charge in [0.2, 0.25) is 0 Å². The second-order valence-corrected chi connectivity index (χ2v) is 10.7. The van der Waals surface area contributed by atoms with E-state index in [2.05, 4.69) is 6.92 Å². The Balaban J connectivity index is 1.25. The third kappa shape index (κ3) is 5.09. The minimum atomic E-state index is -0.347. The highest BCUT2D eigenvalue weighted by Crippen LogP contribution is 2.50. The Bertz CT molecular complexity index is 727. The van der Waals surface area contributed by atoms with Crippen LogP contribution in [0.25, 0.3) is 0 Å². The lowest BCUT2D eigenvalue weighted by Gasteiger charge is -2.45. The summed E-state index contributed by atoms with van der Waals surface area (Å²) in [5.74, 6) is 5.04. The highest BCUT2D eigenvalue weighted by atomic mass is 19.1. The van der Waals surface area contributed by atoms with Crippen LogP contribution in [0.1, 0.15) is 114 Å². The first-order chi connectivity index (χ1) is 14.7. The standard InChI is InChI=1S/C28H40FN/c1-2-3-4-5-20-6-7-25-17-24(13-12-23(25)16-20)21-8-10-22(11-9-21)26-14-15-27(19-30)28(29)18-26/h14-15,18,20-25H,2-13,16-17H2,1H3. The number of nitrogens with zero attached hydrogens (tertiary/aromatic N) is 1. The minimum Gasteiger partial charge on any atom is -0.206 e. The van der Waals surface area contributed by atoms with Gasteiger partial charge in [0.15, 0.2) is 0 Å². The fourth-order valence-corrected chi connectivity index (χ4v) is 7.20. The van der Waals surface area contributed by atoms with E-state index in [0.29, 0.717) is 5.92 Å². The van der Waals surface area contributed by atoms with E-state index in [1.54, 1.807) is 12.1 Å². The van der Waals surface area contributed by atoms with Gasteiger partial charge in [-0.2, -0.15) is 5.26 Å². The summed E-state index contributed by atoms with van der Waals surface area (Å²) in [5.41, 5.74) is 1.28. The predicted molar refractivity (Wildman–Crippen MR) is 122 cm³/mol. The van der Waals surface area contributed by atoms with Gasteiger partial charge in [-0.1, -0.05) is 45.1 Å². The predicted octanol–water partition coefficient (Wildman–Crippen LogP) is 8.38. The molecule has 0 bridgehead atoms. The highest BCUT2D eigenvalue weighted by Gasteiger charge is 2.38. The van der Waals surface area contributed by atoms with Crippen LogP contribution in [0, 0.1) is 46.7 Å². The van der Waals surface area contributed by atoms with Gasteiger partial charge in [0.25, 0.3) is 0 Å². The molecular weight excluding hydrogens is 369 g/mol. The van der Waals surface area contributed by atoms with Crippen LogP contribution in [0.5, 0.6) is 0 Å². The Hall–Kier alpha value is -1.36. The Labute approximate surface area is 183 Å². The molecule has 1 aromatic carbocycles. The summed E-state index contributed by atoms with van der Waals surface area (Å²) < 4.78 is 14.0. The maximum Gasteiger partial charge on any atom is 0.141 e. The van der Waals surface area contributed by atoms with Gasteiger partial charge in [-0.25, -0.2) is 4.39 Å². The van der Waals surface area contributed by atoms with Gasteiger partial charge in [-0.05, 0) is 111 Å². The largest absolute Gasteiger partial charge is 0.206 e. The van der Waals surface area contributed by atoms with Crippen molar-refractivity contribution in [1.29, 1.82) is 5.26 Å². The number of rotatable bonds is 6. The molecule has 3 fully saturated rings. The molecule has 1 aromatic rings. The number of hydrogen-bond acceptors (Lipinski definition) is 1. The monoisotopic (exact) mass is 409 g/mol. The molecule has 3 aliphatic rings. The maximum absolute atomic E-state index is 14.0. The van der Waals surface area contributed by atoms with Crippen LogP contribution in [0.3, 0.4) is 0 Å². The number of halogens is 1. The Morgan fingerprint density at radius 2 is 1.53 bits per heavy atom. The van der Waals surface area contributed by atoms with E-state index in [-0.39, 0.29) is 11.4 Å². The lowest BCUT2D eigenvalue weighted by molar-refractivity contribution is 0.0614. The Kier molecular flexibility index (Phi) is 7.50. The summed E-state index contributed by atoms with van der Waals surface area (Å²) in [6.07, 6.45) is 19.7. The summed E-state index contributed by atoms with van der Waals surface area (Å²) in [4.78, 5) is 0. The number of benzene rings is 1. The zero-order valence-corrected chi connectivity index (χ0v) is 18.9. The molecule has 0 spiro atoms. The zero-order valence-electron chi connectivity index (χ0n) is 18.9. The van der Waals surface area contributed by atoms with Gasteiger partial charge in [0.1, 0.15) is 11.9 Å². The van der Waals surface area contributed by atoms with E-state index in [1.165, 1.54) is 89.9 Å². The zero-order chi connectivity index (χ0) is 20.9. The van der Waals surface area contributed by atoms with Crippen molar-refractivity contribution in [1.82, 2.24) is 0 Å². The third-order valence-corrected chi connectivity index (χ3v) is 9.00. The van der Waals surface area contributed by atoms with Crippen LogP contribution in [-0.4, -0.2) is 0 Å². The van der Waals surface area contributed by atoms with E-state index in [0.717, 1.165) is 35.2 Å². The van der Waals surface area contributed by atoms with Crippen LogP contribution in [0.15, 0.2) is 18.2 Å². The third-order valence-electron chi connectivity index (χ3n) is 9.00. The topological polar surface area (TPSA) is 23.8 Å². The van der Waals surface area contributed by atoms with Crippen LogP contribution in [0.4, 0.5) is 4.39 Å². The van der Waals surface area contributed by atoms with Crippen molar-refractivity contribution in [3.8, 4) is 6.07 Å². The van der Waals surface area contributed by atoms with Gasteiger partial charge in [0, 0.05) is 0 Å². The summed E-state index contributed by atoms with van der Waals surface area (Å²) in [6.45, 7) is 2.31. The lowest BCUT2D eigenvalue weighted by Crippen LogP contribution is -2.34. The molecular formula is C28H40FN. The van der Waals surface area contributed by atoms with Crippen molar-refractivity contribution >= 4 is 0 Å². The molecule has 4 rings (SSSR count). The average molecular weight is 410 g/mol. The molecule has 0 radical (unpaired) electrons. The average Bonchev–Trinajstić information content (AvgIpc) is 2.79. The van der Waals surface area contributed by atoms with Crippen LogP contribution >= 0.6 is 0 Å². The molecule has 0 amide bonds. The number of unbranched alkanes of at least 4 members (excludes halogenated alkanes) is 2. The quantitative estimate of drug-likeness (QED) is 0.433. The first kappa shape index (κ1) is 21.9. The first-order valence-corrected chi connectivity index (χ1v) is 12.9. The van der Waals surface area contributed by atoms with Crippen molar-refractivity contribution in [3.63, 3.8) is 0 Å². The summed E-state index contributed by atoms with van der Waals surface area (Å²) in [5, 5.41) is 8.95. The molecule has 0 heterocycles. The van der Waals surface area contributed by atoms with E-state index in [1.807, 2.05) is 12.1 Å². The van der Waals surface area contributed by atoms with Gasteiger partial charge >= 0.3 is 0 Å². The first-order valence-electron chi connectivity index (χ1n) is 12.9. The van der Waals surface area contributed by atoms with Gasteiger partial charge in [-0.3, -0.25) is 0 Å². The molecule has 4 atom stereocenters. The van der Waals surface area contributed by atoms with Gasteiger partial charge in [-0.15, -0.1) is 0 Å². The second kappa shape index (κ2) is 10.3. The normalized spacial score (nSPS) is 34.2. The molecule has 0 saturated heterocycles. The van der Waals surface area contributed by atoms with Crippen molar-refractivity contribution in [2.45, 2.75) is 103 Å². The van der Waals surface area contributed by atoms with E-state index < -0.39 is 0 Å². The molecule has 0 aromatic heterocycles. The van der Waals surface area contributed by atoms with Crippen LogP contribution in [0.2, 0.25) is 0 Å². The molecule has 3 saturated carbocycles. The maximum atomic E-state index is 14.0.